The van der Waals surface area contributed by atoms with Crippen LogP contribution in [0.25, 0.3) is 0 Å². The van der Waals surface area contributed by atoms with Gasteiger partial charge in [-0.15, -0.1) is 0 Å². The summed E-state index contributed by atoms with van der Waals surface area (Å²) >= 11 is 0. The monoisotopic (exact) mass is 263 g/mol. The van der Waals surface area contributed by atoms with Gasteiger partial charge in [-0.25, -0.2) is 0 Å². The van der Waals surface area contributed by atoms with E-state index in [2.05, 4.69) is 6.07 Å². The van der Waals surface area contributed by atoms with Crippen LogP contribution in [0.4, 0.5) is 0 Å². The van der Waals surface area contributed by atoms with Gasteiger partial charge in [-0.3, -0.25) is 0 Å². The quantitative estimate of drug-likeness (QED) is 0.904. The van der Waals surface area contributed by atoms with Crippen LogP contribution in [0, 0.1) is 0 Å². The van der Waals surface area contributed by atoms with Crippen molar-refractivity contribution in [1.29, 1.82) is 0 Å². The van der Waals surface area contributed by atoms with Gasteiger partial charge < -0.3 is 19.9 Å². The molecule has 2 N–H and O–H groups in total. The van der Waals surface area contributed by atoms with E-state index in [-0.39, 0.29) is 11.6 Å². The zero-order valence-electron chi connectivity index (χ0n) is 11.4. The van der Waals surface area contributed by atoms with Crippen molar-refractivity contribution < 1.29 is 14.2 Å². The molecule has 3 rings (SSSR count). The first kappa shape index (κ1) is 12.8. The van der Waals surface area contributed by atoms with Crippen LogP contribution in [0.2, 0.25) is 0 Å². The molecule has 0 bridgehead atoms. The SMILES string of the molecule is COc1ccc(C2(N)CCC2)cc1OC1CCOC1. The maximum absolute atomic E-state index is 6.37. The van der Waals surface area contributed by atoms with Crippen molar-refractivity contribution in [3.63, 3.8) is 0 Å². The Balaban J connectivity index is 1.84. The normalized spacial score (nSPS) is 24.8. The van der Waals surface area contributed by atoms with E-state index in [9.17, 15) is 0 Å². The van der Waals surface area contributed by atoms with Crippen molar-refractivity contribution >= 4 is 0 Å². The Hall–Kier alpha value is -1.26. The first-order chi connectivity index (χ1) is 9.21. The molecule has 4 nitrogen and oxygen atoms in total. The van der Waals surface area contributed by atoms with Crippen molar-refractivity contribution in [3.8, 4) is 11.5 Å². The second-order valence-electron chi connectivity index (χ2n) is 5.48. The summed E-state index contributed by atoms with van der Waals surface area (Å²) in [5, 5.41) is 0. The summed E-state index contributed by atoms with van der Waals surface area (Å²) < 4.78 is 16.7. The molecular formula is C15H21NO3. The smallest absolute Gasteiger partial charge is 0.162 e. The van der Waals surface area contributed by atoms with Gasteiger partial charge in [0.15, 0.2) is 11.5 Å². The number of methoxy groups -OCH3 is 1. The second-order valence-corrected chi connectivity index (χ2v) is 5.48. The third kappa shape index (κ3) is 2.42. The molecule has 2 aliphatic rings. The molecule has 1 unspecified atom stereocenters. The summed E-state index contributed by atoms with van der Waals surface area (Å²) in [6.45, 7) is 1.43. The van der Waals surface area contributed by atoms with Gasteiger partial charge in [0.2, 0.25) is 0 Å². The number of hydrogen-bond donors (Lipinski definition) is 1. The Morgan fingerprint density at radius 2 is 2.16 bits per heavy atom. The summed E-state index contributed by atoms with van der Waals surface area (Å²) in [7, 11) is 1.66. The fourth-order valence-corrected chi connectivity index (χ4v) is 2.71. The van der Waals surface area contributed by atoms with Gasteiger partial charge in [0.1, 0.15) is 6.10 Å². The number of rotatable bonds is 4. The molecule has 0 amide bonds. The van der Waals surface area contributed by atoms with E-state index >= 15 is 0 Å². The number of benzene rings is 1. The standard InChI is InChI=1S/C15H21NO3/c1-17-13-4-3-11(15(16)6-2-7-15)9-14(13)19-12-5-8-18-10-12/h3-4,9,12H,2,5-8,10,16H2,1H3. The molecular weight excluding hydrogens is 242 g/mol. The molecule has 1 aliphatic heterocycles. The molecule has 4 heteroatoms. The van der Waals surface area contributed by atoms with Crippen LogP contribution in [0.1, 0.15) is 31.2 Å². The van der Waals surface area contributed by atoms with Crippen LogP contribution in [-0.2, 0) is 10.3 Å². The Morgan fingerprint density at radius 1 is 1.32 bits per heavy atom. The van der Waals surface area contributed by atoms with Crippen LogP contribution >= 0.6 is 0 Å². The zero-order valence-corrected chi connectivity index (χ0v) is 11.4. The fourth-order valence-electron chi connectivity index (χ4n) is 2.71. The lowest BCUT2D eigenvalue weighted by molar-refractivity contribution is 0.138. The van der Waals surface area contributed by atoms with Crippen LogP contribution in [0.5, 0.6) is 11.5 Å². The highest BCUT2D eigenvalue weighted by Gasteiger charge is 2.35. The van der Waals surface area contributed by atoms with E-state index < -0.39 is 0 Å². The minimum absolute atomic E-state index is 0.124. The summed E-state index contributed by atoms with van der Waals surface area (Å²) in [5.74, 6) is 1.55. The Bertz CT molecular complexity index is 451. The highest BCUT2D eigenvalue weighted by atomic mass is 16.6. The van der Waals surface area contributed by atoms with Gasteiger partial charge in [-0.05, 0) is 37.0 Å². The van der Waals surface area contributed by atoms with Crippen LogP contribution in [0.3, 0.4) is 0 Å². The highest BCUT2D eigenvalue weighted by molar-refractivity contribution is 5.45. The van der Waals surface area contributed by atoms with Gasteiger partial charge >= 0.3 is 0 Å². The maximum Gasteiger partial charge on any atom is 0.162 e. The summed E-state index contributed by atoms with van der Waals surface area (Å²) in [4.78, 5) is 0. The molecule has 0 radical (unpaired) electrons. The number of hydrogen-bond acceptors (Lipinski definition) is 4. The molecule has 19 heavy (non-hydrogen) atoms. The van der Waals surface area contributed by atoms with Gasteiger partial charge in [0.25, 0.3) is 0 Å². The second kappa shape index (κ2) is 5.02. The van der Waals surface area contributed by atoms with E-state index in [1.54, 1.807) is 7.11 Å². The van der Waals surface area contributed by atoms with E-state index in [0.717, 1.165) is 42.9 Å². The predicted molar refractivity (Wildman–Crippen MR) is 72.6 cm³/mol. The minimum atomic E-state index is -0.170. The molecule has 1 aromatic carbocycles. The molecule has 0 spiro atoms. The third-order valence-corrected chi connectivity index (χ3v) is 4.17. The molecule has 1 aromatic rings. The Labute approximate surface area is 113 Å². The lowest BCUT2D eigenvalue weighted by Crippen LogP contribution is -2.43. The number of nitrogens with two attached hydrogens (primary N) is 1. The Morgan fingerprint density at radius 3 is 2.74 bits per heavy atom. The summed E-state index contributed by atoms with van der Waals surface area (Å²) in [6.07, 6.45) is 4.35. The molecule has 0 aromatic heterocycles. The first-order valence-corrected chi connectivity index (χ1v) is 6.93. The fraction of sp³-hybridized carbons (Fsp3) is 0.600. The topological polar surface area (TPSA) is 53.7 Å². The molecule has 104 valence electrons. The average molecular weight is 263 g/mol. The van der Waals surface area contributed by atoms with Gasteiger partial charge in [0.05, 0.1) is 20.3 Å². The van der Waals surface area contributed by atoms with E-state index in [4.69, 9.17) is 19.9 Å². The molecule has 1 saturated heterocycles. The van der Waals surface area contributed by atoms with Crippen LogP contribution < -0.4 is 15.2 Å². The maximum atomic E-state index is 6.37. The summed E-state index contributed by atoms with van der Waals surface area (Å²) in [6, 6.07) is 6.04. The van der Waals surface area contributed by atoms with Crippen molar-refractivity contribution in [2.24, 2.45) is 5.73 Å². The molecule has 2 fully saturated rings. The predicted octanol–water partition coefficient (Wildman–Crippen LogP) is 2.20. The lowest BCUT2D eigenvalue weighted by atomic mass is 9.73. The molecule has 1 atom stereocenters. The molecule has 1 aliphatic carbocycles. The average Bonchev–Trinajstić information content (AvgIpc) is 2.89. The third-order valence-electron chi connectivity index (χ3n) is 4.17. The Kier molecular flexibility index (Phi) is 3.37. The van der Waals surface area contributed by atoms with Gasteiger partial charge in [-0.1, -0.05) is 6.07 Å². The van der Waals surface area contributed by atoms with Crippen molar-refractivity contribution in [1.82, 2.24) is 0 Å². The molecule has 1 heterocycles. The van der Waals surface area contributed by atoms with E-state index in [1.807, 2.05) is 12.1 Å². The van der Waals surface area contributed by atoms with E-state index in [0.29, 0.717) is 6.61 Å². The van der Waals surface area contributed by atoms with Crippen LogP contribution in [0.15, 0.2) is 18.2 Å². The molecule has 1 saturated carbocycles. The van der Waals surface area contributed by atoms with Crippen molar-refractivity contribution in [2.45, 2.75) is 37.3 Å². The van der Waals surface area contributed by atoms with Gasteiger partial charge in [0, 0.05) is 12.0 Å². The first-order valence-electron chi connectivity index (χ1n) is 6.93. The van der Waals surface area contributed by atoms with Crippen molar-refractivity contribution in [3.05, 3.63) is 23.8 Å². The lowest BCUT2D eigenvalue weighted by Gasteiger charge is -2.39. The largest absolute Gasteiger partial charge is 0.493 e. The van der Waals surface area contributed by atoms with Crippen molar-refractivity contribution in [2.75, 3.05) is 20.3 Å². The number of ether oxygens (including phenoxy) is 3. The zero-order chi connectivity index (χ0) is 13.3. The van der Waals surface area contributed by atoms with Gasteiger partial charge in [-0.2, -0.15) is 0 Å². The minimum Gasteiger partial charge on any atom is -0.493 e. The van der Waals surface area contributed by atoms with E-state index in [1.165, 1.54) is 6.42 Å². The van der Waals surface area contributed by atoms with Crippen LogP contribution in [-0.4, -0.2) is 26.4 Å². The highest BCUT2D eigenvalue weighted by Crippen LogP contribution is 2.42. The summed E-state index contributed by atoms with van der Waals surface area (Å²) in [5.41, 5.74) is 7.35.